The average Bonchev–Trinajstić information content (AvgIpc) is 3.04. The zero-order valence-corrected chi connectivity index (χ0v) is 18.8. The van der Waals surface area contributed by atoms with Gasteiger partial charge in [-0.3, -0.25) is 9.59 Å². The molecule has 1 N–H and O–H groups in total. The standard InChI is InChI=1S/C25H29NO6/c1-5-31-20-11-7-9-18(15-20)23(27)21-22(17-8-6-10-19(14-17)30-4)26(25(29)24(21)28)12-13-32-16(2)3/h6-11,14-16,22,27H,5,12-13H2,1-4H3/b23-21-. The second kappa shape index (κ2) is 10.3. The highest BCUT2D eigenvalue weighted by molar-refractivity contribution is 6.46. The molecule has 1 aliphatic rings. The zero-order chi connectivity index (χ0) is 23.3. The molecule has 3 rings (SSSR count). The number of likely N-dealkylation sites (tertiary alicyclic amines) is 1. The number of carbonyl (C=O) groups excluding carboxylic acids is 2. The lowest BCUT2D eigenvalue weighted by molar-refractivity contribution is -0.140. The van der Waals surface area contributed by atoms with Crippen LogP contribution in [0.15, 0.2) is 54.1 Å². The van der Waals surface area contributed by atoms with Crippen LogP contribution in [0.2, 0.25) is 0 Å². The van der Waals surface area contributed by atoms with Crippen LogP contribution in [0.25, 0.3) is 5.76 Å². The van der Waals surface area contributed by atoms with E-state index in [2.05, 4.69) is 0 Å². The van der Waals surface area contributed by atoms with Gasteiger partial charge in [-0.05, 0) is 50.6 Å². The van der Waals surface area contributed by atoms with Gasteiger partial charge in [-0.2, -0.15) is 0 Å². The van der Waals surface area contributed by atoms with Crippen molar-refractivity contribution in [3.8, 4) is 11.5 Å². The lowest BCUT2D eigenvalue weighted by atomic mass is 9.95. The summed E-state index contributed by atoms with van der Waals surface area (Å²) in [5.41, 5.74) is 1.09. The van der Waals surface area contributed by atoms with Crippen molar-refractivity contribution in [1.82, 2.24) is 4.90 Å². The van der Waals surface area contributed by atoms with Crippen molar-refractivity contribution >= 4 is 17.4 Å². The summed E-state index contributed by atoms with van der Waals surface area (Å²) in [5.74, 6) is -0.502. The van der Waals surface area contributed by atoms with E-state index in [-0.39, 0.29) is 30.6 Å². The number of methoxy groups -OCH3 is 1. The molecule has 1 heterocycles. The molecule has 170 valence electrons. The number of carbonyl (C=O) groups is 2. The summed E-state index contributed by atoms with van der Waals surface area (Å²) in [6.45, 7) is 6.61. The van der Waals surface area contributed by atoms with Crippen LogP contribution in [0.3, 0.4) is 0 Å². The number of hydrogen-bond acceptors (Lipinski definition) is 6. The Morgan fingerprint density at radius 3 is 2.50 bits per heavy atom. The van der Waals surface area contributed by atoms with E-state index in [9.17, 15) is 14.7 Å². The Morgan fingerprint density at radius 2 is 1.81 bits per heavy atom. The first kappa shape index (κ1) is 23.3. The van der Waals surface area contributed by atoms with Crippen molar-refractivity contribution in [1.29, 1.82) is 0 Å². The Morgan fingerprint density at radius 1 is 1.09 bits per heavy atom. The lowest BCUT2D eigenvalue weighted by Crippen LogP contribution is -2.33. The SMILES string of the molecule is CCOc1cccc(/C(O)=C2/C(=O)C(=O)N(CCOC(C)C)C2c2cccc(OC)c2)c1. The van der Waals surface area contributed by atoms with Crippen molar-refractivity contribution in [3.05, 3.63) is 65.2 Å². The van der Waals surface area contributed by atoms with E-state index < -0.39 is 17.7 Å². The maximum atomic E-state index is 13.1. The van der Waals surface area contributed by atoms with Gasteiger partial charge < -0.3 is 24.2 Å². The molecule has 1 fully saturated rings. The molecule has 0 saturated carbocycles. The molecule has 0 spiro atoms. The number of amides is 1. The van der Waals surface area contributed by atoms with Gasteiger partial charge in [0.2, 0.25) is 0 Å². The molecule has 2 aromatic rings. The Hall–Kier alpha value is -3.32. The first-order chi connectivity index (χ1) is 15.4. The van der Waals surface area contributed by atoms with Crippen LogP contribution in [0.1, 0.15) is 37.9 Å². The van der Waals surface area contributed by atoms with E-state index in [1.807, 2.05) is 20.8 Å². The number of aliphatic hydroxyl groups is 1. The summed E-state index contributed by atoms with van der Waals surface area (Å²) in [5, 5.41) is 11.2. The molecule has 1 aliphatic heterocycles. The van der Waals surface area contributed by atoms with Gasteiger partial charge in [-0.25, -0.2) is 0 Å². The normalized spacial score (nSPS) is 17.8. The maximum absolute atomic E-state index is 13.1. The fourth-order valence-electron chi connectivity index (χ4n) is 3.71. The second-order valence-electron chi connectivity index (χ2n) is 7.65. The van der Waals surface area contributed by atoms with Crippen LogP contribution in [-0.2, 0) is 14.3 Å². The molecule has 0 aliphatic carbocycles. The molecule has 2 aromatic carbocycles. The maximum Gasteiger partial charge on any atom is 0.295 e. The third-order valence-corrected chi connectivity index (χ3v) is 5.15. The molecule has 7 nitrogen and oxygen atoms in total. The van der Waals surface area contributed by atoms with Crippen LogP contribution >= 0.6 is 0 Å². The third-order valence-electron chi connectivity index (χ3n) is 5.15. The molecule has 1 amide bonds. The van der Waals surface area contributed by atoms with Crippen molar-refractivity contribution < 1.29 is 28.9 Å². The Balaban J connectivity index is 2.10. The molecule has 0 aromatic heterocycles. The van der Waals surface area contributed by atoms with Crippen LogP contribution in [0, 0.1) is 0 Å². The number of benzene rings is 2. The van der Waals surface area contributed by atoms with Crippen LogP contribution < -0.4 is 9.47 Å². The van der Waals surface area contributed by atoms with Gasteiger partial charge in [-0.1, -0.05) is 24.3 Å². The van der Waals surface area contributed by atoms with Gasteiger partial charge in [0.25, 0.3) is 11.7 Å². The number of Topliss-reactive ketones (excluding diaryl/α,β-unsaturated/α-hetero) is 1. The summed E-state index contributed by atoms with van der Waals surface area (Å²) in [4.78, 5) is 27.5. The van der Waals surface area contributed by atoms with Gasteiger partial charge in [0.1, 0.15) is 17.3 Å². The minimum Gasteiger partial charge on any atom is -0.507 e. The molecular formula is C25H29NO6. The van der Waals surface area contributed by atoms with Gasteiger partial charge in [0.15, 0.2) is 0 Å². The summed E-state index contributed by atoms with van der Waals surface area (Å²) in [7, 11) is 1.55. The summed E-state index contributed by atoms with van der Waals surface area (Å²) in [6, 6.07) is 13.2. The molecular weight excluding hydrogens is 410 g/mol. The summed E-state index contributed by atoms with van der Waals surface area (Å²) in [6.07, 6.45) is -0.0107. The van der Waals surface area contributed by atoms with Gasteiger partial charge in [0.05, 0.1) is 38.0 Å². The first-order valence-electron chi connectivity index (χ1n) is 10.6. The predicted molar refractivity (Wildman–Crippen MR) is 121 cm³/mol. The number of ether oxygens (including phenoxy) is 3. The fourth-order valence-corrected chi connectivity index (χ4v) is 3.71. The second-order valence-corrected chi connectivity index (χ2v) is 7.65. The smallest absolute Gasteiger partial charge is 0.295 e. The number of rotatable bonds is 9. The minimum absolute atomic E-state index is 0.0107. The molecule has 1 saturated heterocycles. The highest BCUT2D eigenvalue weighted by Crippen LogP contribution is 2.40. The van der Waals surface area contributed by atoms with Crippen molar-refractivity contribution in [2.45, 2.75) is 32.9 Å². The van der Waals surface area contributed by atoms with Crippen LogP contribution in [0.5, 0.6) is 11.5 Å². The number of ketones is 1. The Kier molecular flexibility index (Phi) is 7.53. The van der Waals surface area contributed by atoms with E-state index >= 15 is 0 Å². The van der Waals surface area contributed by atoms with E-state index in [1.54, 1.807) is 55.6 Å². The van der Waals surface area contributed by atoms with Crippen LogP contribution in [0.4, 0.5) is 0 Å². The van der Waals surface area contributed by atoms with Crippen LogP contribution in [-0.4, -0.2) is 54.7 Å². The van der Waals surface area contributed by atoms with Gasteiger partial charge in [-0.15, -0.1) is 0 Å². The Labute approximate surface area is 188 Å². The third kappa shape index (κ3) is 4.94. The topological polar surface area (TPSA) is 85.3 Å². The number of aliphatic hydroxyl groups excluding tert-OH is 1. The fraction of sp³-hybridized carbons (Fsp3) is 0.360. The molecule has 7 heteroatoms. The van der Waals surface area contributed by atoms with Crippen molar-refractivity contribution in [2.24, 2.45) is 0 Å². The van der Waals surface area contributed by atoms with Gasteiger partial charge >= 0.3 is 0 Å². The Bertz CT molecular complexity index is 1010. The number of hydrogen-bond donors (Lipinski definition) is 1. The molecule has 1 unspecified atom stereocenters. The van der Waals surface area contributed by atoms with Crippen molar-refractivity contribution in [2.75, 3.05) is 26.9 Å². The van der Waals surface area contributed by atoms with Crippen molar-refractivity contribution in [3.63, 3.8) is 0 Å². The molecule has 0 radical (unpaired) electrons. The molecule has 0 bridgehead atoms. The highest BCUT2D eigenvalue weighted by atomic mass is 16.5. The quantitative estimate of drug-likeness (QED) is 0.362. The molecule has 32 heavy (non-hydrogen) atoms. The van der Waals surface area contributed by atoms with E-state index in [1.165, 1.54) is 4.90 Å². The minimum atomic E-state index is -0.767. The first-order valence-corrected chi connectivity index (χ1v) is 10.6. The summed E-state index contributed by atoms with van der Waals surface area (Å²) < 4.78 is 16.5. The summed E-state index contributed by atoms with van der Waals surface area (Å²) >= 11 is 0. The van der Waals surface area contributed by atoms with Gasteiger partial charge in [0, 0.05) is 12.1 Å². The largest absolute Gasteiger partial charge is 0.507 e. The monoisotopic (exact) mass is 439 g/mol. The van der Waals surface area contributed by atoms with E-state index in [0.717, 1.165) is 0 Å². The average molecular weight is 440 g/mol. The predicted octanol–water partition coefficient (Wildman–Crippen LogP) is 3.94. The highest BCUT2D eigenvalue weighted by Gasteiger charge is 2.46. The van der Waals surface area contributed by atoms with E-state index in [0.29, 0.717) is 29.2 Å². The lowest BCUT2D eigenvalue weighted by Gasteiger charge is -2.26. The zero-order valence-electron chi connectivity index (χ0n) is 18.8. The van der Waals surface area contributed by atoms with E-state index in [4.69, 9.17) is 14.2 Å². The molecule has 1 atom stereocenters. The number of nitrogens with zero attached hydrogens (tertiary/aromatic N) is 1.